The van der Waals surface area contributed by atoms with Crippen molar-refractivity contribution in [2.45, 2.75) is 12.8 Å². The SMILES string of the molecule is [Cl-].[Cl-].[Zr+4].c1cc(CCc2cccc3cc[cH-]c23)c2[cH-]ccc2c1. The van der Waals surface area contributed by atoms with E-state index in [4.69, 9.17) is 0 Å². The Kier molecular flexibility index (Phi) is 7.74. The van der Waals surface area contributed by atoms with Crippen molar-refractivity contribution in [3.8, 4) is 0 Å². The minimum Gasteiger partial charge on any atom is -1.00 e. The van der Waals surface area contributed by atoms with E-state index in [2.05, 4.69) is 72.8 Å². The van der Waals surface area contributed by atoms with E-state index < -0.39 is 0 Å². The van der Waals surface area contributed by atoms with Crippen LogP contribution in [0.3, 0.4) is 0 Å². The number of benzene rings is 2. The van der Waals surface area contributed by atoms with Gasteiger partial charge in [0.25, 0.3) is 0 Å². The van der Waals surface area contributed by atoms with Gasteiger partial charge in [-0.1, -0.05) is 25.0 Å². The molecule has 0 aliphatic carbocycles. The second-order valence-electron chi connectivity index (χ2n) is 5.39. The van der Waals surface area contributed by atoms with Crippen molar-refractivity contribution in [3.05, 3.63) is 83.9 Å². The van der Waals surface area contributed by atoms with Gasteiger partial charge in [-0.15, -0.1) is 69.1 Å². The second-order valence-corrected chi connectivity index (χ2v) is 5.39. The van der Waals surface area contributed by atoms with Crippen LogP contribution >= 0.6 is 0 Å². The molecule has 0 bridgehead atoms. The number of fused-ring (bicyclic) bond motifs is 2. The fraction of sp³-hybridized carbons (Fsp3) is 0.100. The molecule has 0 aromatic heterocycles. The minimum absolute atomic E-state index is 0. The van der Waals surface area contributed by atoms with Crippen LogP contribution in [0.5, 0.6) is 0 Å². The van der Waals surface area contributed by atoms with E-state index in [0.717, 1.165) is 12.8 Å². The Morgan fingerprint density at radius 1 is 0.609 bits per heavy atom. The van der Waals surface area contributed by atoms with Crippen molar-refractivity contribution in [2.75, 3.05) is 0 Å². The van der Waals surface area contributed by atoms with Gasteiger partial charge in [-0.05, 0) is 0 Å². The molecule has 0 nitrogen and oxygen atoms in total. The van der Waals surface area contributed by atoms with Gasteiger partial charge < -0.3 is 24.8 Å². The van der Waals surface area contributed by atoms with Gasteiger partial charge in [0.2, 0.25) is 0 Å². The maximum absolute atomic E-state index is 2.26. The fourth-order valence-corrected chi connectivity index (χ4v) is 3.16. The average molecular weight is 418 g/mol. The van der Waals surface area contributed by atoms with Crippen molar-refractivity contribution in [1.82, 2.24) is 0 Å². The summed E-state index contributed by atoms with van der Waals surface area (Å²) >= 11 is 0. The topological polar surface area (TPSA) is 0 Å². The molecule has 0 spiro atoms. The molecule has 0 radical (unpaired) electrons. The third-order valence-electron chi connectivity index (χ3n) is 4.20. The maximum atomic E-state index is 2.26. The molecule has 0 atom stereocenters. The second kappa shape index (κ2) is 8.83. The molecule has 4 aromatic carbocycles. The quantitative estimate of drug-likeness (QED) is 0.383. The number of hydrogen-bond donors (Lipinski definition) is 0. The van der Waals surface area contributed by atoms with E-state index in [1.807, 2.05) is 0 Å². The van der Waals surface area contributed by atoms with E-state index in [9.17, 15) is 0 Å². The molecule has 0 heterocycles. The summed E-state index contributed by atoms with van der Waals surface area (Å²) in [5.74, 6) is 0. The largest absolute Gasteiger partial charge is 4.00 e. The number of halogens is 2. The minimum atomic E-state index is 0. The molecule has 0 fully saturated rings. The molecule has 4 rings (SSSR count). The van der Waals surface area contributed by atoms with Crippen LogP contribution in [0.2, 0.25) is 0 Å². The zero-order valence-electron chi connectivity index (χ0n) is 12.6. The van der Waals surface area contributed by atoms with Gasteiger partial charge in [0.1, 0.15) is 0 Å². The first-order valence-electron chi connectivity index (χ1n) is 7.18. The van der Waals surface area contributed by atoms with Crippen molar-refractivity contribution in [3.63, 3.8) is 0 Å². The third kappa shape index (κ3) is 3.97. The van der Waals surface area contributed by atoms with Gasteiger partial charge in [0, 0.05) is 0 Å². The van der Waals surface area contributed by atoms with Crippen molar-refractivity contribution in [2.24, 2.45) is 0 Å². The molecule has 0 aliphatic heterocycles. The van der Waals surface area contributed by atoms with Crippen LogP contribution in [0.1, 0.15) is 11.1 Å². The van der Waals surface area contributed by atoms with Gasteiger partial charge >= 0.3 is 26.2 Å². The Bertz CT molecular complexity index is 799. The van der Waals surface area contributed by atoms with E-state index >= 15 is 0 Å². The Morgan fingerprint density at radius 2 is 1.04 bits per heavy atom. The fourth-order valence-electron chi connectivity index (χ4n) is 3.16. The van der Waals surface area contributed by atoms with E-state index in [1.54, 1.807) is 0 Å². The molecule has 4 aromatic rings. The van der Waals surface area contributed by atoms with Crippen LogP contribution in [0, 0.1) is 0 Å². The van der Waals surface area contributed by atoms with Gasteiger partial charge in [0.05, 0.1) is 0 Å². The van der Waals surface area contributed by atoms with Crippen LogP contribution in [0.25, 0.3) is 21.5 Å². The first kappa shape index (κ1) is 20.2. The third-order valence-corrected chi connectivity index (χ3v) is 4.20. The normalized spacial score (nSPS) is 9.91. The molecule has 0 N–H and O–H groups in total. The van der Waals surface area contributed by atoms with Gasteiger partial charge in [-0.25, -0.2) is 0 Å². The predicted octanol–water partition coefficient (Wildman–Crippen LogP) is -0.778. The molecule has 0 saturated heterocycles. The first-order valence-corrected chi connectivity index (χ1v) is 7.18. The summed E-state index contributed by atoms with van der Waals surface area (Å²) in [6, 6.07) is 26.4. The monoisotopic (exact) mass is 416 g/mol. The average Bonchev–Trinajstić information content (AvgIpc) is 3.13. The van der Waals surface area contributed by atoms with E-state index in [0.29, 0.717) is 0 Å². The smallest absolute Gasteiger partial charge is 1.00 e. The standard InChI is InChI=1S/C20H16.2ClH.Zr/c1-5-15-9-3-11-19(15)17(7-1)13-14-18-8-2-6-16-10-4-12-20(16)18;;;/h1-12H,13-14H2;2*1H;/q-2;;;+4/p-2. The molecular weight excluding hydrogens is 402 g/mol. The Labute approximate surface area is 168 Å². The van der Waals surface area contributed by atoms with Crippen molar-refractivity contribution >= 4 is 21.5 Å². The Hall–Kier alpha value is -0.877. The van der Waals surface area contributed by atoms with Crippen LogP contribution in [0.4, 0.5) is 0 Å². The summed E-state index contributed by atoms with van der Waals surface area (Å²) in [6.07, 6.45) is 2.21. The maximum Gasteiger partial charge on any atom is 4.00 e. The Morgan fingerprint density at radius 3 is 1.48 bits per heavy atom. The molecular formula is C20H16Cl2Zr. The molecule has 23 heavy (non-hydrogen) atoms. The first-order chi connectivity index (χ1) is 9.92. The van der Waals surface area contributed by atoms with Crippen molar-refractivity contribution < 1.29 is 51.0 Å². The Balaban J connectivity index is 0.000000882. The molecule has 0 unspecified atom stereocenters. The van der Waals surface area contributed by atoms with Gasteiger partial charge in [0.15, 0.2) is 0 Å². The van der Waals surface area contributed by atoms with Crippen LogP contribution in [-0.4, -0.2) is 0 Å². The number of aryl methyl sites for hydroxylation is 2. The summed E-state index contributed by atoms with van der Waals surface area (Å²) in [5, 5.41) is 5.52. The predicted molar refractivity (Wildman–Crippen MR) is 86.5 cm³/mol. The van der Waals surface area contributed by atoms with Crippen LogP contribution in [0.15, 0.2) is 72.8 Å². The molecule has 0 amide bonds. The summed E-state index contributed by atoms with van der Waals surface area (Å²) in [7, 11) is 0. The van der Waals surface area contributed by atoms with Gasteiger partial charge in [-0.3, -0.25) is 0 Å². The summed E-state index contributed by atoms with van der Waals surface area (Å²) in [5.41, 5.74) is 2.91. The molecule has 3 heteroatoms. The van der Waals surface area contributed by atoms with Crippen LogP contribution < -0.4 is 24.8 Å². The zero-order valence-corrected chi connectivity index (χ0v) is 16.6. The molecule has 114 valence electrons. The number of hydrogen-bond acceptors (Lipinski definition) is 0. The number of rotatable bonds is 3. The van der Waals surface area contributed by atoms with Crippen molar-refractivity contribution in [1.29, 1.82) is 0 Å². The summed E-state index contributed by atoms with van der Waals surface area (Å²) in [4.78, 5) is 0. The molecule has 0 aliphatic rings. The van der Waals surface area contributed by atoms with E-state index in [1.165, 1.54) is 32.7 Å². The summed E-state index contributed by atoms with van der Waals surface area (Å²) < 4.78 is 0. The van der Waals surface area contributed by atoms with Gasteiger partial charge in [-0.2, -0.15) is 24.3 Å². The van der Waals surface area contributed by atoms with E-state index in [-0.39, 0.29) is 51.0 Å². The molecule has 0 saturated carbocycles. The van der Waals surface area contributed by atoms with Crippen LogP contribution in [-0.2, 0) is 39.0 Å². The zero-order chi connectivity index (χ0) is 13.4. The summed E-state index contributed by atoms with van der Waals surface area (Å²) in [6.45, 7) is 0.